The standard InChI is InChI=1S/C7H6BF3O3S/c9-7(10,11)14-6-4(8(12)13)2-1-3-5(6)15/h1-3,12-13,15H. The highest BCUT2D eigenvalue weighted by Gasteiger charge is 2.34. The Kier molecular flexibility index (Phi) is 3.53. The molecular weight excluding hydrogens is 232 g/mol. The van der Waals surface area contributed by atoms with Gasteiger partial charge in [0.05, 0.1) is 0 Å². The maximum absolute atomic E-state index is 11.9. The molecule has 0 aliphatic rings. The predicted molar refractivity (Wildman–Crippen MR) is 50.2 cm³/mol. The van der Waals surface area contributed by atoms with Gasteiger partial charge in [0, 0.05) is 10.4 Å². The van der Waals surface area contributed by atoms with E-state index in [1.54, 1.807) is 0 Å². The van der Waals surface area contributed by atoms with Gasteiger partial charge in [-0.3, -0.25) is 0 Å². The molecule has 0 saturated carbocycles. The van der Waals surface area contributed by atoms with E-state index in [4.69, 9.17) is 10.0 Å². The first kappa shape index (κ1) is 12.2. The van der Waals surface area contributed by atoms with Crippen LogP contribution in [-0.2, 0) is 0 Å². The van der Waals surface area contributed by atoms with Gasteiger partial charge in [-0.25, -0.2) is 0 Å². The lowest BCUT2D eigenvalue weighted by Crippen LogP contribution is -2.34. The summed E-state index contributed by atoms with van der Waals surface area (Å²) in [6, 6.07) is 3.68. The molecule has 0 radical (unpaired) electrons. The van der Waals surface area contributed by atoms with Crippen molar-refractivity contribution in [2.24, 2.45) is 0 Å². The minimum atomic E-state index is -4.90. The van der Waals surface area contributed by atoms with Crippen LogP contribution < -0.4 is 10.2 Å². The molecule has 1 aromatic carbocycles. The van der Waals surface area contributed by atoms with E-state index in [0.717, 1.165) is 6.07 Å². The van der Waals surface area contributed by atoms with Crippen LogP contribution in [0.1, 0.15) is 0 Å². The van der Waals surface area contributed by atoms with Gasteiger partial charge in [-0.1, -0.05) is 12.1 Å². The average molecular weight is 238 g/mol. The number of hydrogen-bond acceptors (Lipinski definition) is 4. The Hall–Kier alpha value is -0.855. The van der Waals surface area contributed by atoms with Gasteiger partial charge in [-0.05, 0) is 6.07 Å². The van der Waals surface area contributed by atoms with E-state index >= 15 is 0 Å². The van der Waals surface area contributed by atoms with Crippen molar-refractivity contribution in [2.45, 2.75) is 11.3 Å². The fourth-order valence-electron chi connectivity index (χ4n) is 0.972. The van der Waals surface area contributed by atoms with Crippen LogP contribution in [-0.4, -0.2) is 23.5 Å². The van der Waals surface area contributed by atoms with Crippen molar-refractivity contribution in [3.63, 3.8) is 0 Å². The van der Waals surface area contributed by atoms with E-state index in [1.807, 2.05) is 0 Å². The largest absolute Gasteiger partial charge is 0.573 e. The molecule has 15 heavy (non-hydrogen) atoms. The second-order valence-corrected chi connectivity index (χ2v) is 3.10. The quantitative estimate of drug-likeness (QED) is 0.521. The summed E-state index contributed by atoms with van der Waals surface area (Å²) in [5.74, 6) is -0.705. The normalized spacial score (nSPS) is 11.3. The van der Waals surface area contributed by atoms with Crippen LogP contribution in [0.5, 0.6) is 5.75 Å². The molecule has 0 amide bonds. The lowest BCUT2D eigenvalue weighted by atomic mass is 9.79. The third kappa shape index (κ3) is 3.33. The lowest BCUT2D eigenvalue weighted by Gasteiger charge is -2.14. The van der Waals surface area contributed by atoms with Crippen LogP contribution in [0.2, 0.25) is 0 Å². The van der Waals surface area contributed by atoms with Crippen molar-refractivity contribution in [1.29, 1.82) is 0 Å². The summed E-state index contributed by atoms with van der Waals surface area (Å²) >= 11 is 3.73. The van der Waals surface area contributed by atoms with E-state index in [-0.39, 0.29) is 10.4 Å². The van der Waals surface area contributed by atoms with Crippen LogP contribution in [0.15, 0.2) is 23.1 Å². The second-order valence-electron chi connectivity index (χ2n) is 2.62. The fourth-order valence-corrected chi connectivity index (χ4v) is 1.23. The van der Waals surface area contributed by atoms with Gasteiger partial charge in [-0.2, -0.15) is 0 Å². The van der Waals surface area contributed by atoms with E-state index < -0.39 is 19.2 Å². The van der Waals surface area contributed by atoms with Gasteiger partial charge in [0.2, 0.25) is 0 Å². The molecule has 0 spiro atoms. The van der Waals surface area contributed by atoms with Crippen LogP contribution in [0.3, 0.4) is 0 Å². The van der Waals surface area contributed by atoms with Crippen LogP contribution in [0, 0.1) is 0 Å². The summed E-state index contributed by atoms with van der Waals surface area (Å²) in [6.07, 6.45) is -4.90. The van der Waals surface area contributed by atoms with E-state index in [9.17, 15) is 13.2 Å². The molecule has 0 unspecified atom stereocenters. The molecule has 8 heteroatoms. The highest BCUT2D eigenvalue weighted by molar-refractivity contribution is 7.80. The molecule has 2 N–H and O–H groups in total. The molecule has 0 saturated heterocycles. The van der Waals surface area contributed by atoms with E-state index in [2.05, 4.69) is 17.4 Å². The average Bonchev–Trinajstić information content (AvgIpc) is 2.05. The van der Waals surface area contributed by atoms with Crippen LogP contribution in [0.4, 0.5) is 13.2 Å². The maximum Gasteiger partial charge on any atom is 0.573 e. The number of alkyl halides is 3. The minimum Gasteiger partial charge on any atom is -0.423 e. The summed E-state index contributed by atoms with van der Waals surface area (Å²) in [6.45, 7) is 0. The van der Waals surface area contributed by atoms with Gasteiger partial charge in [0.15, 0.2) is 0 Å². The van der Waals surface area contributed by atoms with Gasteiger partial charge in [0.1, 0.15) is 5.75 Å². The summed E-state index contributed by atoms with van der Waals surface area (Å²) in [5, 5.41) is 17.6. The van der Waals surface area contributed by atoms with Crippen LogP contribution >= 0.6 is 12.6 Å². The molecule has 1 aromatic rings. The van der Waals surface area contributed by atoms with Crippen molar-refractivity contribution < 1.29 is 28.0 Å². The molecular formula is C7H6BF3O3S. The second kappa shape index (κ2) is 4.34. The smallest absolute Gasteiger partial charge is 0.423 e. The van der Waals surface area contributed by atoms with Crippen molar-refractivity contribution >= 4 is 25.2 Å². The lowest BCUT2D eigenvalue weighted by molar-refractivity contribution is -0.275. The third-order valence-corrected chi connectivity index (χ3v) is 1.87. The summed E-state index contributed by atoms with van der Waals surface area (Å²) in [4.78, 5) is -0.127. The molecule has 0 aromatic heterocycles. The van der Waals surface area contributed by atoms with Crippen molar-refractivity contribution in [2.75, 3.05) is 0 Å². The van der Waals surface area contributed by atoms with Gasteiger partial charge in [-0.15, -0.1) is 25.8 Å². The minimum absolute atomic E-state index is 0.127. The van der Waals surface area contributed by atoms with Crippen molar-refractivity contribution in [1.82, 2.24) is 0 Å². The number of benzene rings is 1. The first-order valence-corrected chi connectivity index (χ1v) is 4.20. The molecule has 0 bridgehead atoms. The number of thiol groups is 1. The molecule has 1 rings (SSSR count). The first-order chi connectivity index (χ1) is 6.81. The Bertz CT molecular complexity index is 356. The Morgan fingerprint density at radius 3 is 2.33 bits per heavy atom. The summed E-state index contributed by atoms with van der Waals surface area (Å²) < 4.78 is 39.5. The molecule has 3 nitrogen and oxygen atoms in total. The Morgan fingerprint density at radius 1 is 1.27 bits per heavy atom. The Balaban J connectivity index is 3.14. The zero-order chi connectivity index (χ0) is 11.6. The highest BCUT2D eigenvalue weighted by atomic mass is 32.1. The highest BCUT2D eigenvalue weighted by Crippen LogP contribution is 2.27. The number of halogens is 3. The van der Waals surface area contributed by atoms with Crippen molar-refractivity contribution in [3.8, 4) is 5.75 Å². The SMILES string of the molecule is OB(O)c1cccc(S)c1OC(F)(F)F. The van der Waals surface area contributed by atoms with Gasteiger partial charge < -0.3 is 14.8 Å². The number of para-hydroxylation sites is 1. The number of ether oxygens (including phenoxy) is 1. The molecule has 0 heterocycles. The Morgan fingerprint density at radius 2 is 1.87 bits per heavy atom. The zero-order valence-electron chi connectivity index (χ0n) is 7.19. The summed E-state index contributed by atoms with van der Waals surface area (Å²) in [5.41, 5.74) is -0.389. The number of hydrogen-bond donors (Lipinski definition) is 3. The third-order valence-electron chi connectivity index (χ3n) is 1.52. The molecule has 0 aliphatic heterocycles. The topological polar surface area (TPSA) is 49.7 Å². The molecule has 82 valence electrons. The molecule has 0 atom stereocenters. The number of rotatable bonds is 2. The van der Waals surface area contributed by atoms with E-state index in [0.29, 0.717) is 0 Å². The fraction of sp³-hybridized carbons (Fsp3) is 0.143. The zero-order valence-corrected chi connectivity index (χ0v) is 8.09. The van der Waals surface area contributed by atoms with Crippen LogP contribution in [0.25, 0.3) is 0 Å². The molecule has 0 aliphatic carbocycles. The van der Waals surface area contributed by atoms with Gasteiger partial charge >= 0.3 is 13.5 Å². The maximum atomic E-state index is 11.9. The first-order valence-electron chi connectivity index (χ1n) is 3.75. The molecule has 0 fully saturated rings. The predicted octanol–water partition coefficient (Wildman–Crippen LogP) is 0.554. The van der Waals surface area contributed by atoms with E-state index in [1.165, 1.54) is 12.1 Å². The van der Waals surface area contributed by atoms with Crippen molar-refractivity contribution in [3.05, 3.63) is 18.2 Å². The monoisotopic (exact) mass is 238 g/mol. The van der Waals surface area contributed by atoms with Gasteiger partial charge in [0.25, 0.3) is 0 Å². The summed E-state index contributed by atoms with van der Waals surface area (Å²) in [7, 11) is -2.05. The Labute approximate surface area is 89.0 Å².